The number of carbonyl (C=O) groups is 1. The van der Waals surface area contributed by atoms with Crippen molar-refractivity contribution in [2.24, 2.45) is 11.7 Å². The van der Waals surface area contributed by atoms with E-state index in [1.165, 1.54) is 0 Å². The minimum atomic E-state index is 0.126. The first-order valence-corrected chi connectivity index (χ1v) is 6.75. The fourth-order valence-corrected chi connectivity index (χ4v) is 2.59. The standard InChI is InChI=1S/C15H22N2O/c1-11-3-2-4-14(9-11)17-15(18)10-12-5-7-13(16)8-6-12/h2-4,9,12-13H,5-8,10,16H2,1H3,(H,17,18). The Morgan fingerprint density at radius 3 is 2.72 bits per heavy atom. The Hall–Kier alpha value is -1.35. The van der Waals surface area contributed by atoms with Gasteiger partial charge >= 0.3 is 0 Å². The largest absolute Gasteiger partial charge is 0.328 e. The van der Waals surface area contributed by atoms with Crippen LogP contribution in [0.25, 0.3) is 0 Å². The molecule has 3 heteroatoms. The summed E-state index contributed by atoms with van der Waals surface area (Å²) in [6.45, 7) is 2.03. The molecule has 1 saturated carbocycles. The predicted octanol–water partition coefficient (Wildman–Crippen LogP) is 2.84. The number of amides is 1. The molecule has 0 atom stereocenters. The van der Waals surface area contributed by atoms with Crippen LogP contribution in [0.5, 0.6) is 0 Å². The van der Waals surface area contributed by atoms with Gasteiger partial charge in [-0.3, -0.25) is 4.79 Å². The van der Waals surface area contributed by atoms with Crippen LogP contribution in [0.4, 0.5) is 5.69 Å². The van der Waals surface area contributed by atoms with Crippen molar-refractivity contribution in [1.29, 1.82) is 0 Å². The summed E-state index contributed by atoms with van der Waals surface area (Å²) in [7, 11) is 0. The average Bonchev–Trinajstić information content (AvgIpc) is 2.32. The van der Waals surface area contributed by atoms with Crippen LogP contribution in [-0.2, 0) is 4.79 Å². The molecular formula is C15H22N2O. The van der Waals surface area contributed by atoms with Crippen LogP contribution < -0.4 is 11.1 Å². The van der Waals surface area contributed by atoms with Crippen molar-refractivity contribution in [3.05, 3.63) is 29.8 Å². The van der Waals surface area contributed by atoms with Gasteiger partial charge in [0.05, 0.1) is 0 Å². The Morgan fingerprint density at radius 1 is 1.33 bits per heavy atom. The number of hydrogen-bond acceptors (Lipinski definition) is 2. The Kier molecular flexibility index (Phi) is 4.37. The van der Waals surface area contributed by atoms with Crippen molar-refractivity contribution in [3.63, 3.8) is 0 Å². The zero-order valence-corrected chi connectivity index (χ0v) is 11.0. The van der Waals surface area contributed by atoms with E-state index in [1.54, 1.807) is 0 Å². The van der Waals surface area contributed by atoms with Gasteiger partial charge in [-0.15, -0.1) is 0 Å². The van der Waals surface area contributed by atoms with Gasteiger partial charge in [0.1, 0.15) is 0 Å². The monoisotopic (exact) mass is 246 g/mol. The summed E-state index contributed by atoms with van der Waals surface area (Å²) in [5, 5.41) is 2.97. The van der Waals surface area contributed by atoms with Crippen molar-refractivity contribution < 1.29 is 4.79 Å². The fourth-order valence-electron chi connectivity index (χ4n) is 2.59. The van der Waals surface area contributed by atoms with E-state index in [0.717, 1.165) is 36.9 Å². The normalized spacial score (nSPS) is 23.7. The summed E-state index contributed by atoms with van der Waals surface area (Å²) < 4.78 is 0. The minimum Gasteiger partial charge on any atom is -0.328 e. The van der Waals surface area contributed by atoms with Crippen LogP contribution in [0, 0.1) is 12.8 Å². The van der Waals surface area contributed by atoms with Gasteiger partial charge in [-0.2, -0.15) is 0 Å². The van der Waals surface area contributed by atoms with Gasteiger partial charge in [0.25, 0.3) is 0 Å². The number of carbonyl (C=O) groups excluding carboxylic acids is 1. The van der Waals surface area contributed by atoms with E-state index in [2.05, 4.69) is 5.32 Å². The molecule has 98 valence electrons. The second kappa shape index (κ2) is 6.01. The van der Waals surface area contributed by atoms with E-state index in [0.29, 0.717) is 18.4 Å². The van der Waals surface area contributed by atoms with Crippen LogP contribution in [0.1, 0.15) is 37.7 Å². The van der Waals surface area contributed by atoms with Crippen LogP contribution in [0.15, 0.2) is 24.3 Å². The van der Waals surface area contributed by atoms with Gasteiger partial charge < -0.3 is 11.1 Å². The zero-order valence-electron chi connectivity index (χ0n) is 11.0. The first-order chi connectivity index (χ1) is 8.63. The van der Waals surface area contributed by atoms with E-state index >= 15 is 0 Å². The zero-order chi connectivity index (χ0) is 13.0. The predicted molar refractivity (Wildman–Crippen MR) is 74.4 cm³/mol. The molecule has 0 spiro atoms. The first-order valence-electron chi connectivity index (χ1n) is 6.75. The van der Waals surface area contributed by atoms with Gasteiger partial charge in [-0.05, 0) is 56.2 Å². The van der Waals surface area contributed by atoms with Gasteiger partial charge in [-0.25, -0.2) is 0 Å². The molecule has 3 nitrogen and oxygen atoms in total. The molecule has 0 aromatic heterocycles. The summed E-state index contributed by atoms with van der Waals surface area (Å²) in [6.07, 6.45) is 4.91. The first kappa shape index (κ1) is 13.1. The third-order valence-corrected chi connectivity index (χ3v) is 3.67. The van der Waals surface area contributed by atoms with E-state index in [1.807, 2.05) is 31.2 Å². The third kappa shape index (κ3) is 3.84. The summed E-state index contributed by atoms with van der Waals surface area (Å²) in [5.74, 6) is 0.635. The Morgan fingerprint density at radius 2 is 2.06 bits per heavy atom. The van der Waals surface area contributed by atoms with Crippen molar-refractivity contribution in [2.75, 3.05) is 5.32 Å². The van der Waals surface area contributed by atoms with Gasteiger partial charge in [0.2, 0.25) is 5.91 Å². The maximum atomic E-state index is 11.9. The maximum absolute atomic E-state index is 11.9. The molecule has 2 rings (SSSR count). The number of nitrogens with two attached hydrogens (primary N) is 1. The van der Waals surface area contributed by atoms with Crippen molar-refractivity contribution >= 4 is 11.6 Å². The molecule has 1 aromatic rings. The lowest BCUT2D eigenvalue weighted by Gasteiger charge is -2.25. The van der Waals surface area contributed by atoms with Crippen LogP contribution in [0.2, 0.25) is 0 Å². The molecule has 1 amide bonds. The molecular weight excluding hydrogens is 224 g/mol. The molecule has 3 N–H and O–H groups in total. The highest BCUT2D eigenvalue weighted by Crippen LogP contribution is 2.26. The van der Waals surface area contributed by atoms with E-state index < -0.39 is 0 Å². The Balaban J connectivity index is 1.82. The van der Waals surface area contributed by atoms with E-state index in [-0.39, 0.29) is 5.91 Å². The number of anilines is 1. The molecule has 0 aliphatic heterocycles. The fraction of sp³-hybridized carbons (Fsp3) is 0.533. The summed E-state index contributed by atoms with van der Waals surface area (Å²) in [6, 6.07) is 8.26. The maximum Gasteiger partial charge on any atom is 0.224 e. The molecule has 0 bridgehead atoms. The lowest BCUT2D eigenvalue weighted by atomic mass is 9.84. The smallest absolute Gasteiger partial charge is 0.224 e. The topological polar surface area (TPSA) is 55.1 Å². The molecule has 0 saturated heterocycles. The Labute approximate surface area is 109 Å². The van der Waals surface area contributed by atoms with Crippen molar-refractivity contribution in [2.45, 2.75) is 45.1 Å². The molecule has 1 aromatic carbocycles. The number of aryl methyl sites for hydroxylation is 1. The SMILES string of the molecule is Cc1cccc(NC(=O)CC2CCC(N)CC2)c1. The molecule has 18 heavy (non-hydrogen) atoms. The van der Waals surface area contributed by atoms with Crippen molar-refractivity contribution in [3.8, 4) is 0 Å². The Bertz CT molecular complexity index is 409. The molecule has 1 aliphatic carbocycles. The molecule has 0 heterocycles. The van der Waals surface area contributed by atoms with E-state index in [9.17, 15) is 4.79 Å². The highest BCUT2D eigenvalue weighted by atomic mass is 16.1. The summed E-state index contributed by atoms with van der Waals surface area (Å²) in [5.41, 5.74) is 7.93. The highest BCUT2D eigenvalue weighted by molar-refractivity contribution is 5.90. The average molecular weight is 246 g/mol. The molecule has 0 unspecified atom stereocenters. The molecule has 1 fully saturated rings. The molecule has 0 radical (unpaired) electrons. The second-order valence-electron chi connectivity index (χ2n) is 5.40. The molecule has 1 aliphatic rings. The van der Waals surface area contributed by atoms with Gasteiger partial charge in [0, 0.05) is 18.2 Å². The number of rotatable bonds is 3. The highest BCUT2D eigenvalue weighted by Gasteiger charge is 2.20. The van der Waals surface area contributed by atoms with Gasteiger partial charge in [-0.1, -0.05) is 12.1 Å². The number of benzene rings is 1. The van der Waals surface area contributed by atoms with Gasteiger partial charge in [0.15, 0.2) is 0 Å². The lowest BCUT2D eigenvalue weighted by molar-refractivity contribution is -0.117. The third-order valence-electron chi connectivity index (χ3n) is 3.67. The van der Waals surface area contributed by atoms with Crippen molar-refractivity contribution in [1.82, 2.24) is 0 Å². The van der Waals surface area contributed by atoms with Crippen LogP contribution in [0.3, 0.4) is 0 Å². The minimum absolute atomic E-state index is 0.126. The van der Waals surface area contributed by atoms with Crippen LogP contribution >= 0.6 is 0 Å². The van der Waals surface area contributed by atoms with E-state index in [4.69, 9.17) is 5.73 Å². The summed E-state index contributed by atoms with van der Waals surface area (Å²) >= 11 is 0. The number of hydrogen-bond donors (Lipinski definition) is 2. The van der Waals surface area contributed by atoms with Crippen LogP contribution in [-0.4, -0.2) is 11.9 Å². The lowest BCUT2D eigenvalue weighted by Crippen LogP contribution is -2.28. The quantitative estimate of drug-likeness (QED) is 0.861. The summed E-state index contributed by atoms with van der Waals surface area (Å²) in [4.78, 5) is 11.9. The number of nitrogens with one attached hydrogen (secondary N) is 1. The second-order valence-corrected chi connectivity index (χ2v) is 5.40.